The Morgan fingerprint density at radius 2 is 1.56 bits per heavy atom. The van der Waals surface area contributed by atoms with Gasteiger partial charge in [-0.2, -0.15) is 0 Å². The molecule has 4 bridgehead atoms. The minimum absolute atomic E-state index is 0.152. The molecule has 0 radical (unpaired) electrons. The maximum atomic E-state index is 13.6. The summed E-state index contributed by atoms with van der Waals surface area (Å²) in [5.74, 6) is 0.547. The fourth-order valence-electron chi connectivity index (χ4n) is 7.75. The van der Waals surface area contributed by atoms with Gasteiger partial charge < -0.3 is 19.7 Å². The Morgan fingerprint density at radius 3 is 2.21 bits per heavy atom. The van der Waals surface area contributed by atoms with Gasteiger partial charge in [-0.3, -0.25) is 9.59 Å². The molecule has 3 unspecified atom stereocenters. The van der Waals surface area contributed by atoms with E-state index in [1.807, 2.05) is 58.9 Å². The lowest BCUT2D eigenvalue weighted by atomic mass is 9.46. The van der Waals surface area contributed by atoms with Crippen molar-refractivity contribution < 1.29 is 29.3 Å². The maximum absolute atomic E-state index is 13.6. The molecule has 0 aliphatic heterocycles. The first-order valence-electron chi connectivity index (χ1n) is 14.7. The molecule has 0 amide bonds. The van der Waals surface area contributed by atoms with Crippen LogP contribution in [-0.4, -0.2) is 33.4 Å². The van der Waals surface area contributed by atoms with Gasteiger partial charge >= 0.3 is 11.9 Å². The molecule has 6 heteroatoms. The van der Waals surface area contributed by atoms with E-state index in [0.29, 0.717) is 38.5 Å². The van der Waals surface area contributed by atoms with E-state index < -0.39 is 22.0 Å². The minimum Gasteiger partial charge on any atom is -0.507 e. The largest absolute Gasteiger partial charge is 0.507 e. The lowest BCUT2D eigenvalue weighted by molar-refractivity contribution is -0.242. The average Bonchev–Trinajstić information content (AvgIpc) is 2.88. The second kappa shape index (κ2) is 9.79. The van der Waals surface area contributed by atoms with Crippen molar-refractivity contribution >= 4 is 22.7 Å². The summed E-state index contributed by atoms with van der Waals surface area (Å²) in [6.07, 6.45) is 5.53. The Hall–Kier alpha value is -2.60. The molecule has 212 valence electrons. The Morgan fingerprint density at radius 1 is 0.923 bits per heavy atom. The van der Waals surface area contributed by atoms with Gasteiger partial charge in [-0.05, 0) is 100 Å². The smallest absolute Gasteiger partial charge is 0.312 e. The topological polar surface area (TPSA) is 93.1 Å². The second-order valence-electron chi connectivity index (χ2n) is 13.7. The normalized spacial score (nSPS) is 31.2. The first kappa shape index (κ1) is 27.9. The summed E-state index contributed by atoms with van der Waals surface area (Å²) in [6.45, 7) is 10.0. The van der Waals surface area contributed by atoms with Crippen molar-refractivity contribution in [2.24, 2.45) is 28.6 Å². The van der Waals surface area contributed by atoms with Crippen molar-refractivity contribution in [1.82, 2.24) is 0 Å². The third-order valence-electron chi connectivity index (χ3n) is 10.5. The SMILES string of the molecule is CCC(C)(C)C(=O)OC12CC3CC(O)(CC(C1)C3CC(C)(CC)C(=O)OCc1cccc3c(O)cccc13)C2. The molecule has 2 aromatic rings. The van der Waals surface area contributed by atoms with Crippen LogP contribution in [0.3, 0.4) is 0 Å². The Kier molecular flexibility index (Phi) is 7.02. The molecule has 39 heavy (non-hydrogen) atoms. The van der Waals surface area contributed by atoms with Crippen LogP contribution in [0.2, 0.25) is 0 Å². The van der Waals surface area contributed by atoms with Gasteiger partial charge in [0, 0.05) is 11.8 Å². The molecule has 0 aromatic heterocycles. The fourth-order valence-corrected chi connectivity index (χ4v) is 7.75. The van der Waals surface area contributed by atoms with E-state index in [-0.39, 0.29) is 42.0 Å². The van der Waals surface area contributed by atoms with Gasteiger partial charge in [0.25, 0.3) is 0 Å². The van der Waals surface area contributed by atoms with Crippen LogP contribution in [0.1, 0.15) is 91.5 Å². The Labute approximate surface area is 232 Å². The standard InChI is InChI=1S/C33H44O6/c1-6-30(3,4)28(35)39-33-16-22-14-32(37,20-33)15-23(17-33)26(22)18-31(5,7-2)29(36)38-19-21-10-8-12-25-24(21)11-9-13-27(25)34/h8-13,22-23,26,34,37H,6-7,14-20H2,1-5H3. The number of aromatic hydroxyl groups is 1. The predicted octanol–water partition coefficient (Wildman–Crippen LogP) is 6.68. The van der Waals surface area contributed by atoms with Gasteiger partial charge in [-0.25, -0.2) is 0 Å². The van der Waals surface area contributed by atoms with Crippen LogP contribution in [-0.2, 0) is 25.7 Å². The monoisotopic (exact) mass is 536 g/mol. The van der Waals surface area contributed by atoms with Crippen molar-refractivity contribution in [2.75, 3.05) is 0 Å². The number of fused-ring (bicyclic) bond motifs is 1. The summed E-state index contributed by atoms with van der Waals surface area (Å²) in [4.78, 5) is 26.6. The predicted molar refractivity (Wildman–Crippen MR) is 150 cm³/mol. The molecule has 4 saturated carbocycles. The van der Waals surface area contributed by atoms with Crippen molar-refractivity contribution in [3.05, 3.63) is 42.0 Å². The molecule has 6 rings (SSSR count). The molecule has 6 nitrogen and oxygen atoms in total. The second-order valence-corrected chi connectivity index (χ2v) is 13.7. The highest BCUT2D eigenvalue weighted by atomic mass is 16.6. The van der Waals surface area contributed by atoms with Crippen molar-refractivity contribution in [1.29, 1.82) is 0 Å². The van der Waals surface area contributed by atoms with Crippen LogP contribution >= 0.6 is 0 Å². The number of phenols is 1. The van der Waals surface area contributed by atoms with Gasteiger partial charge in [0.05, 0.1) is 16.4 Å². The lowest BCUT2D eigenvalue weighted by Gasteiger charge is -2.63. The van der Waals surface area contributed by atoms with Crippen LogP contribution in [0.5, 0.6) is 5.75 Å². The molecule has 4 aliphatic carbocycles. The number of carbonyl (C=O) groups excluding carboxylic acids is 2. The van der Waals surface area contributed by atoms with E-state index in [9.17, 15) is 19.8 Å². The van der Waals surface area contributed by atoms with E-state index in [0.717, 1.165) is 29.2 Å². The summed E-state index contributed by atoms with van der Waals surface area (Å²) in [5, 5.41) is 23.3. The van der Waals surface area contributed by atoms with E-state index in [2.05, 4.69) is 0 Å². The highest BCUT2D eigenvalue weighted by Crippen LogP contribution is 2.63. The van der Waals surface area contributed by atoms with Crippen LogP contribution in [0, 0.1) is 28.6 Å². The van der Waals surface area contributed by atoms with E-state index in [1.165, 1.54) is 0 Å². The zero-order chi connectivity index (χ0) is 28.2. The number of phenolic OH excluding ortho intramolecular Hbond substituents is 1. The zero-order valence-electron chi connectivity index (χ0n) is 24.1. The molecular formula is C33H44O6. The number of aliphatic hydroxyl groups is 1. The average molecular weight is 537 g/mol. The molecule has 0 spiro atoms. The molecule has 0 heterocycles. The highest BCUT2D eigenvalue weighted by molar-refractivity contribution is 5.90. The summed E-state index contributed by atoms with van der Waals surface area (Å²) < 4.78 is 12.2. The first-order valence-corrected chi connectivity index (χ1v) is 14.7. The molecule has 2 aromatic carbocycles. The lowest BCUT2D eigenvalue weighted by Crippen LogP contribution is -2.64. The number of benzene rings is 2. The summed E-state index contributed by atoms with van der Waals surface area (Å²) >= 11 is 0. The van der Waals surface area contributed by atoms with Crippen molar-refractivity contribution in [2.45, 2.75) is 104 Å². The van der Waals surface area contributed by atoms with Crippen LogP contribution < -0.4 is 0 Å². The van der Waals surface area contributed by atoms with E-state index in [4.69, 9.17) is 9.47 Å². The van der Waals surface area contributed by atoms with Crippen LogP contribution in [0.15, 0.2) is 36.4 Å². The van der Waals surface area contributed by atoms with E-state index in [1.54, 1.807) is 12.1 Å². The maximum Gasteiger partial charge on any atom is 0.312 e. The molecule has 4 aliphatic rings. The van der Waals surface area contributed by atoms with Gasteiger partial charge in [0.2, 0.25) is 0 Å². The Balaban J connectivity index is 1.30. The van der Waals surface area contributed by atoms with Crippen molar-refractivity contribution in [3.8, 4) is 5.75 Å². The van der Waals surface area contributed by atoms with Gasteiger partial charge in [-0.15, -0.1) is 0 Å². The summed E-state index contributed by atoms with van der Waals surface area (Å²) in [6, 6.07) is 11.0. The number of rotatable bonds is 9. The quantitative estimate of drug-likeness (QED) is 0.347. The van der Waals surface area contributed by atoms with Crippen molar-refractivity contribution in [3.63, 3.8) is 0 Å². The number of hydrogen-bond acceptors (Lipinski definition) is 6. The summed E-state index contributed by atoms with van der Waals surface area (Å²) in [7, 11) is 0. The van der Waals surface area contributed by atoms with Gasteiger partial charge in [0.15, 0.2) is 0 Å². The molecule has 3 atom stereocenters. The fraction of sp³-hybridized carbons (Fsp3) is 0.636. The first-order chi connectivity index (χ1) is 18.3. The number of carbonyl (C=O) groups is 2. The highest BCUT2D eigenvalue weighted by Gasteiger charge is 2.63. The molecule has 4 fully saturated rings. The number of hydrogen-bond donors (Lipinski definition) is 2. The molecular weight excluding hydrogens is 492 g/mol. The van der Waals surface area contributed by atoms with Crippen LogP contribution in [0.25, 0.3) is 10.8 Å². The molecule has 2 N–H and O–H groups in total. The van der Waals surface area contributed by atoms with Gasteiger partial charge in [-0.1, -0.05) is 44.2 Å². The van der Waals surface area contributed by atoms with E-state index >= 15 is 0 Å². The minimum atomic E-state index is -0.790. The summed E-state index contributed by atoms with van der Waals surface area (Å²) in [5.41, 5.74) is -1.71. The third-order valence-corrected chi connectivity index (χ3v) is 10.5. The Bertz CT molecular complexity index is 1250. The number of ether oxygens (including phenoxy) is 2. The van der Waals surface area contributed by atoms with Crippen LogP contribution in [0.4, 0.5) is 0 Å². The van der Waals surface area contributed by atoms with Gasteiger partial charge in [0.1, 0.15) is 18.0 Å². The molecule has 0 saturated heterocycles. The number of esters is 2. The third kappa shape index (κ3) is 5.05. The zero-order valence-corrected chi connectivity index (χ0v) is 24.1.